The van der Waals surface area contributed by atoms with Gasteiger partial charge < -0.3 is 24.0 Å². The molecule has 0 saturated carbocycles. The second-order valence-electron chi connectivity index (χ2n) is 6.38. The highest BCUT2D eigenvalue weighted by Crippen LogP contribution is 2.39. The van der Waals surface area contributed by atoms with Crippen molar-refractivity contribution < 1.29 is 22.6 Å². The van der Waals surface area contributed by atoms with E-state index < -0.39 is 9.84 Å². The van der Waals surface area contributed by atoms with Crippen LogP contribution in [-0.4, -0.2) is 75.5 Å². The van der Waals surface area contributed by atoms with Gasteiger partial charge in [-0.2, -0.15) is 0 Å². The van der Waals surface area contributed by atoms with Crippen molar-refractivity contribution in [1.29, 1.82) is 0 Å². The maximum Gasteiger partial charge on any atom is 0.176 e. The van der Waals surface area contributed by atoms with Crippen molar-refractivity contribution in [3.63, 3.8) is 0 Å². The number of benzene rings is 1. The molecule has 0 aromatic heterocycles. The minimum atomic E-state index is -3.08. The van der Waals surface area contributed by atoms with Crippen LogP contribution in [0.15, 0.2) is 18.2 Å². The smallest absolute Gasteiger partial charge is 0.176 e. The molecule has 4 rings (SSSR count). The van der Waals surface area contributed by atoms with E-state index in [1.807, 2.05) is 28.0 Å². The lowest BCUT2D eigenvalue weighted by Gasteiger charge is -2.27. The van der Waals surface area contributed by atoms with Crippen LogP contribution < -0.4 is 14.4 Å². The highest BCUT2D eigenvalue weighted by atomic mass is 32.2. The van der Waals surface area contributed by atoms with E-state index in [0.717, 1.165) is 5.69 Å². The molecular weight excluding hydrogens is 364 g/mol. The van der Waals surface area contributed by atoms with Crippen molar-refractivity contribution in [3.05, 3.63) is 18.2 Å². The van der Waals surface area contributed by atoms with E-state index in [2.05, 4.69) is 0 Å². The second-order valence-corrected chi connectivity index (χ2v) is 8.90. The molecule has 0 spiro atoms. The number of rotatable bonds is 4. The van der Waals surface area contributed by atoms with Crippen LogP contribution in [-0.2, 0) is 14.6 Å². The standard InChI is InChI=1S/C16H20N2O5S2/c1-21-5-4-17-12-9-25(19,20)10-13(12)18(16(17)24)11-2-3-14-15(8-11)23-7-6-22-14/h2-3,8,12-13H,4-7,9-10H2,1H3/t12-,13+/m1/s1. The summed E-state index contributed by atoms with van der Waals surface area (Å²) in [4.78, 5) is 3.92. The van der Waals surface area contributed by atoms with Gasteiger partial charge in [-0.3, -0.25) is 0 Å². The van der Waals surface area contributed by atoms with E-state index in [9.17, 15) is 8.42 Å². The molecule has 3 heterocycles. The van der Waals surface area contributed by atoms with Gasteiger partial charge >= 0.3 is 0 Å². The van der Waals surface area contributed by atoms with Gasteiger partial charge in [0, 0.05) is 25.4 Å². The van der Waals surface area contributed by atoms with Crippen molar-refractivity contribution in [3.8, 4) is 11.5 Å². The molecule has 1 aromatic carbocycles. The monoisotopic (exact) mass is 384 g/mol. The van der Waals surface area contributed by atoms with Crippen LogP contribution in [0.4, 0.5) is 5.69 Å². The quantitative estimate of drug-likeness (QED) is 0.702. The van der Waals surface area contributed by atoms with Crippen LogP contribution in [0.5, 0.6) is 11.5 Å². The second kappa shape index (κ2) is 6.30. The molecule has 7 nitrogen and oxygen atoms in total. The molecular formula is C16H20N2O5S2. The van der Waals surface area contributed by atoms with Gasteiger partial charge in [-0.15, -0.1) is 0 Å². The molecule has 0 aliphatic carbocycles. The lowest BCUT2D eigenvalue weighted by molar-refractivity contribution is 0.169. The van der Waals surface area contributed by atoms with E-state index in [0.29, 0.717) is 43.0 Å². The molecule has 2 fully saturated rings. The Hall–Kier alpha value is -1.58. The Bertz CT molecular complexity index is 798. The Kier molecular flexibility index (Phi) is 4.25. The van der Waals surface area contributed by atoms with Crippen molar-refractivity contribution in [1.82, 2.24) is 4.90 Å². The van der Waals surface area contributed by atoms with Crippen LogP contribution in [0.1, 0.15) is 0 Å². The van der Waals surface area contributed by atoms with Gasteiger partial charge in [-0.1, -0.05) is 0 Å². The Morgan fingerprint density at radius 3 is 2.68 bits per heavy atom. The predicted molar refractivity (Wildman–Crippen MR) is 97.3 cm³/mol. The summed E-state index contributed by atoms with van der Waals surface area (Å²) in [6.07, 6.45) is 0. The van der Waals surface area contributed by atoms with E-state index in [1.165, 1.54) is 0 Å². The molecule has 2 atom stereocenters. The molecule has 136 valence electrons. The fourth-order valence-electron chi connectivity index (χ4n) is 3.71. The number of anilines is 1. The van der Waals surface area contributed by atoms with Gasteiger partial charge in [-0.25, -0.2) is 8.42 Å². The molecule has 0 unspecified atom stereocenters. The van der Waals surface area contributed by atoms with Crippen LogP contribution in [0.25, 0.3) is 0 Å². The summed E-state index contributed by atoms with van der Waals surface area (Å²) in [6.45, 7) is 2.11. The zero-order valence-corrected chi connectivity index (χ0v) is 15.5. The fraction of sp³-hybridized carbons (Fsp3) is 0.562. The third-order valence-corrected chi connectivity index (χ3v) is 6.95. The highest BCUT2D eigenvalue weighted by Gasteiger charge is 2.52. The number of hydrogen-bond acceptors (Lipinski definition) is 6. The molecule has 25 heavy (non-hydrogen) atoms. The van der Waals surface area contributed by atoms with Crippen LogP contribution >= 0.6 is 12.2 Å². The van der Waals surface area contributed by atoms with E-state index >= 15 is 0 Å². The van der Waals surface area contributed by atoms with E-state index in [1.54, 1.807) is 7.11 Å². The van der Waals surface area contributed by atoms with Crippen molar-refractivity contribution in [2.75, 3.05) is 49.9 Å². The Morgan fingerprint density at radius 1 is 1.20 bits per heavy atom. The largest absolute Gasteiger partial charge is 0.486 e. The number of sulfone groups is 1. The van der Waals surface area contributed by atoms with Crippen LogP contribution in [0.3, 0.4) is 0 Å². The molecule has 1 aromatic rings. The Morgan fingerprint density at radius 2 is 1.92 bits per heavy atom. The van der Waals surface area contributed by atoms with Crippen LogP contribution in [0, 0.1) is 0 Å². The number of ether oxygens (including phenoxy) is 3. The van der Waals surface area contributed by atoms with Crippen LogP contribution in [0.2, 0.25) is 0 Å². The third kappa shape index (κ3) is 2.94. The molecule has 2 saturated heterocycles. The van der Waals surface area contributed by atoms with Crippen molar-refractivity contribution in [2.45, 2.75) is 12.1 Å². The highest BCUT2D eigenvalue weighted by molar-refractivity contribution is 7.91. The number of hydrogen-bond donors (Lipinski definition) is 0. The number of fused-ring (bicyclic) bond motifs is 2. The van der Waals surface area contributed by atoms with Gasteiger partial charge in [0.25, 0.3) is 0 Å². The molecule has 0 amide bonds. The van der Waals surface area contributed by atoms with E-state index in [4.69, 9.17) is 26.4 Å². The molecule has 0 N–H and O–H groups in total. The third-order valence-electron chi connectivity index (χ3n) is 4.82. The number of thiocarbonyl (C=S) groups is 1. The number of nitrogens with zero attached hydrogens (tertiary/aromatic N) is 2. The maximum absolute atomic E-state index is 12.2. The maximum atomic E-state index is 12.2. The molecule has 9 heteroatoms. The van der Waals surface area contributed by atoms with Gasteiger partial charge in [0.15, 0.2) is 26.4 Å². The Balaban J connectivity index is 1.69. The minimum Gasteiger partial charge on any atom is -0.486 e. The predicted octanol–water partition coefficient (Wildman–Crippen LogP) is 0.677. The fourth-order valence-corrected chi connectivity index (χ4v) is 6.13. The normalized spacial score (nSPS) is 26.8. The molecule has 0 radical (unpaired) electrons. The molecule has 3 aliphatic heterocycles. The SMILES string of the molecule is COCCN1C(=S)N(c2ccc3c(c2)OCCO3)[C@H]2CS(=O)(=O)C[C@H]21. The summed E-state index contributed by atoms with van der Waals surface area (Å²) in [6, 6.07) is 5.31. The first-order chi connectivity index (χ1) is 12.0. The van der Waals surface area contributed by atoms with E-state index in [-0.39, 0.29) is 23.6 Å². The minimum absolute atomic E-state index is 0.107. The molecule has 0 bridgehead atoms. The van der Waals surface area contributed by atoms with Gasteiger partial charge in [0.05, 0.1) is 30.2 Å². The lowest BCUT2D eigenvalue weighted by Crippen LogP contribution is -2.39. The summed E-state index contributed by atoms with van der Waals surface area (Å²) in [5.74, 6) is 1.60. The first-order valence-corrected chi connectivity index (χ1v) is 10.4. The summed E-state index contributed by atoms with van der Waals surface area (Å²) in [7, 11) is -1.46. The zero-order chi connectivity index (χ0) is 17.6. The summed E-state index contributed by atoms with van der Waals surface area (Å²) < 4.78 is 40.8. The molecule has 3 aliphatic rings. The lowest BCUT2D eigenvalue weighted by atomic mass is 10.1. The average Bonchev–Trinajstić information content (AvgIpc) is 3.02. The summed E-state index contributed by atoms with van der Waals surface area (Å²) in [5.41, 5.74) is 0.835. The first kappa shape index (κ1) is 16.9. The zero-order valence-electron chi connectivity index (χ0n) is 13.9. The topological polar surface area (TPSA) is 68.3 Å². The van der Waals surface area contributed by atoms with Gasteiger partial charge in [-0.05, 0) is 24.4 Å². The summed E-state index contributed by atoms with van der Waals surface area (Å²) in [5, 5.41) is 0.638. The summed E-state index contributed by atoms with van der Waals surface area (Å²) >= 11 is 5.67. The van der Waals surface area contributed by atoms with Crippen molar-refractivity contribution in [2.24, 2.45) is 0 Å². The Labute approximate surface area is 152 Å². The van der Waals surface area contributed by atoms with Gasteiger partial charge in [0.1, 0.15) is 13.2 Å². The van der Waals surface area contributed by atoms with Gasteiger partial charge in [0.2, 0.25) is 0 Å². The first-order valence-electron chi connectivity index (χ1n) is 8.19. The van der Waals surface area contributed by atoms with Crippen molar-refractivity contribution >= 4 is 32.9 Å². The average molecular weight is 384 g/mol. The number of methoxy groups -OCH3 is 1.